The van der Waals surface area contributed by atoms with Crippen LogP contribution in [-0.2, 0) is 0 Å². The van der Waals surface area contributed by atoms with Gasteiger partial charge in [-0.3, -0.25) is 0 Å². The minimum absolute atomic E-state index is 0.266. The molecular weight excluding hydrogens is 341 g/mol. The van der Waals surface area contributed by atoms with Crippen LogP contribution in [-0.4, -0.2) is 39.5 Å². The van der Waals surface area contributed by atoms with Crippen LogP contribution in [0.2, 0.25) is 0 Å². The Balaban J connectivity index is 1.86. The molecule has 0 unspecified atom stereocenters. The average molecular weight is 361 g/mol. The van der Waals surface area contributed by atoms with Gasteiger partial charge in [0, 0.05) is 35.7 Å². The molecule has 1 aliphatic rings. The fraction of sp³-hybridized carbons (Fsp3) is 0.375. The lowest BCUT2D eigenvalue weighted by molar-refractivity contribution is 0.626. The number of thioether (sulfide) groups is 1. The lowest BCUT2D eigenvalue weighted by Crippen LogP contribution is -2.14. The summed E-state index contributed by atoms with van der Waals surface area (Å²) in [5.74, 6) is 1.92. The van der Waals surface area contributed by atoms with Crippen LogP contribution in [0.1, 0.15) is 25.8 Å². The smallest absolute Gasteiger partial charge is 0.250 e. The van der Waals surface area contributed by atoms with Crippen molar-refractivity contribution in [3.63, 3.8) is 0 Å². The maximum atomic E-state index is 13.6. The Morgan fingerprint density at radius 2 is 1.76 bits per heavy atom. The number of hydrazone groups is 1. The fourth-order valence-corrected chi connectivity index (χ4v) is 3.39. The van der Waals surface area contributed by atoms with Crippen LogP contribution in [0.5, 0.6) is 0 Å². The summed E-state index contributed by atoms with van der Waals surface area (Å²) in [7, 11) is 0. The van der Waals surface area contributed by atoms with Crippen molar-refractivity contribution in [2.75, 3.05) is 34.9 Å². The van der Waals surface area contributed by atoms with Gasteiger partial charge in [0.15, 0.2) is 0 Å². The summed E-state index contributed by atoms with van der Waals surface area (Å²) in [4.78, 5) is 13.9. The molecule has 0 amide bonds. The molecule has 1 aliphatic heterocycles. The number of hydrogen-bond acceptors (Lipinski definition) is 8. The van der Waals surface area contributed by atoms with Crippen LogP contribution < -0.4 is 16.1 Å². The average Bonchev–Trinajstić information content (AvgIpc) is 2.60. The minimum Gasteiger partial charge on any atom is -0.354 e. The maximum Gasteiger partial charge on any atom is 0.250 e. The summed E-state index contributed by atoms with van der Waals surface area (Å²) < 4.78 is 13.6. The second kappa shape index (κ2) is 8.11. The molecule has 7 nitrogen and oxygen atoms in total. The van der Waals surface area contributed by atoms with Gasteiger partial charge in [0.25, 0.3) is 0 Å². The van der Waals surface area contributed by atoms with Crippen LogP contribution >= 0.6 is 11.8 Å². The summed E-state index contributed by atoms with van der Waals surface area (Å²) in [5, 5.41) is 10.5. The van der Waals surface area contributed by atoms with Gasteiger partial charge in [0.2, 0.25) is 17.8 Å². The van der Waals surface area contributed by atoms with E-state index in [-0.39, 0.29) is 5.82 Å². The molecule has 132 valence electrons. The largest absolute Gasteiger partial charge is 0.354 e. The highest BCUT2D eigenvalue weighted by Gasteiger charge is 2.17. The predicted octanol–water partition coefficient (Wildman–Crippen LogP) is 3.19. The van der Waals surface area contributed by atoms with Crippen molar-refractivity contribution in [1.82, 2.24) is 15.0 Å². The van der Waals surface area contributed by atoms with E-state index >= 15 is 0 Å². The summed E-state index contributed by atoms with van der Waals surface area (Å²) in [6.45, 7) is 5.34. The van der Waals surface area contributed by atoms with Gasteiger partial charge in [-0.15, -0.1) is 11.8 Å². The van der Waals surface area contributed by atoms with E-state index in [4.69, 9.17) is 0 Å². The molecule has 0 fully saturated rings. The molecule has 0 atom stereocenters. The monoisotopic (exact) mass is 361 g/mol. The zero-order chi connectivity index (χ0) is 17.6. The molecule has 0 saturated carbocycles. The Labute approximate surface area is 149 Å². The first-order valence-electron chi connectivity index (χ1n) is 8.18. The van der Waals surface area contributed by atoms with Crippen molar-refractivity contribution in [3.8, 4) is 0 Å². The van der Waals surface area contributed by atoms with E-state index in [0.29, 0.717) is 30.9 Å². The molecule has 0 radical (unpaired) electrons. The van der Waals surface area contributed by atoms with Gasteiger partial charge >= 0.3 is 0 Å². The SMILES string of the molecule is CCNc1nc(NCC)nc(N/N=C2/CCSc3ccc(F)cc32)n1. The summed E-state index contributed by atoms with van der Waals surface area (Å²) in [5.41, 5.74) is 4.50. The number of hydrogen-bond donors (Lipinski definition) is 3. The van der Waals surface area contributed by atoms with E-state index < -0.39 is 0 Å². The highest BCUT2D eigenvalue weighted by atomic mass is 32.2. The molecule has 2 aromatic rings. The second-order valence-electron chi connectivity index (χ2n) is 5.28. The molecule has 0 aliphatic carbocycles. The summed E-state index contributed by atoms with van der Waals surface area (Å²) in [6.07, 6.45) is 0.749. The number of benzene rings is 1. The molecule has 25 heavy (non-hydrogen) atoms. The van der Waals surface area contributed by atoms with Crippen LogP contribution in [0.25, 0.3) is 0 Å². The van der Waals surface area contributed by atoms with Crippen molar-refractivity contribution in [1.29, 1.82) is 0 Å². The topological polar surface area (TPSA) is 87.1 Å². The van der Waals surface area contributed by atoms with E-state index in [9.17, 15) is 4.39 Å². The minimum atomic E-state index is -0.266. The van der Waals surface area contributed by atoms with E-state index in [2.05, 4.69) is 36.1 Å². The lowest BCUT2D eigenvalue weighted by atomic mass is 10.1. The molecule has 3 N–H and O–H groups in total. The highest BCUT2D eigenvalue weighted by Crippen LogP contribution is 2.30. The Morgan fingerprint density at radius 1 is 1.08 bits per heavy atom. The molecule has 0 spiro atoms. The normalized spacial score (nSPS) is 14.9. The quantitative estimate of drug-likeness (QED) is 0.681. The van der Waals surface area contributed by atoms with Crippen molar-refractivity contribution in [2.45, 2.75) is 25.2 Å². The number of fused-ring (bicyclic) bond motifs is 1. The first-order valence-corrected chi connectivity index (χ1v) is 9.17. The second-order valence-corrected chi connectivity index (χ2v) is 6.41. The Hall–Kier alpha value is -2.42. The fourth-order valence-electron chi connectivity index (χ4n) is 2.38. The first kappa shape index (κ1) is 17.4. The highest BCUT2D eigenvalue weighted by molar-refractivity contribution is 7.99. The van der Waals surface area contributed by atoms with Crippen LogP contribution in [0, 0.1) is 5.82 Å². The van der Waals surface area contributed by atoms with Crippen LogP contribution in [0.3, 0.4) is 0 Å². The van der Waals surface area contributed by atoms with Gasteiger partial charge < -0.3 is 10.6 Å². The van der Waals surface area contributed by atoms with Crippen LogP contribution in [0.4, 0.5) is 22.2 Å². The van der Waals surface area contributed by atoms with Gasteiger partial charge in [0.1, 0.15) is 5.82 Å². The van der Waals surface area contributed by atoms with Gasteiger partial charge in [0.05, 0.1) is 5.71 Å². The van der Waals surface area contributed by atoms with Gasteiger partial charge in [-0.2, -0.15) is 20.1 Å². The van der Waals surface area contributed by atoms with E-state index in [1.54, 1.807) is 17.8 Å². The maximum absolute atomic E-state index is 13.6. The lowest BCUT2D eigenvalue weighted by Gasteiger charge is -2.17. The van der Waals surface area contributed by atoms with E-state index in [1.807, 2.05) is 13.8 Å². The molecule has 0 bridgehead atoms. The number of aromatic nitrogens is 3. The predicted molar refractivity (Wildman–Crippen MR) is 100 cm³/mol. The molecule has 1 aromatic heterocycles. The number of nitrogens with zero attached hydrogens (tertiary/aromatic N) is 4. The van der Waals surface area contributed by atoms with E-state index in [1.165, 1.54) is 12.1 Å². The standard InChI is InChI=1S/C16H20FN7S/c1-3-18-14-20-15(19-4-2)22-16(21-14)24-23-12-7-8-25-13-6-5-10(17)9-11(12)13/h5-6,9H,3-4,7-8H2,1-2H3,(H3,18,19,20,21,22,24)/b23-12-. The van der Waals surface area contributed by atoms with Gasteiger partial charge in [-0.1, -0.05) is 0 Å². The summed E-state index contributed by atoms with van der Waals surface area (Å²) in [6, 6.07) is 4.78. The molecule has 2 heterocycles. The zero-order valence-electron chi connectivity index (χ0n) is 14.1. The molecule has 0 saturated heterocycles. The zero-order valence-corrected chi connectivity index (χ0v) is 15.0. The van der Waals surface area contributed by atoms with E-state index in [0.717, 1.165) is 28.3 Å². The van der Waals surface area contributed by atoms with Crippen molar-refractivity contribution >= 4 is 35.3 Å². The molecular formula is C16H20FN7S. The third kappa shape index (κ3) is 4.36. The van der Waals surface area contributed by atoms with Gasteiger partial charge in [-0.25, -0.2) is 9.82 Å². The number of rotatable bonds is 6. The van der Waals surface area contributed by atoms with Crippen LogP contribution in [0.15, 0.2) is 28.2 Å². The van der Waals surface area contributed by atoms with Crippen molar-refractivity contribution in [2.24, 2.45) is 5.10 Å². The Morgan fingerprint density at radius 3 is 2.44 bits per heavy atom. The molecule has 3 rings (SSSR count). The number of anilines is 3. The van der Waals surface area contributed by atoms with Crippen molar-refractivity contribution < 1.29 is 4.39 Å². The van der Waals surface area contributed by atoms with Crippen molar-refractivity contribution in [3.05, 3.63) is 29.6 Å². The first-order chi connectivity index (χ1) is 12.2. The number of halogens is 1. The summed E-state index contributed by atoms with van der Waals surface area (Å²) >= 11 is 1.70. The number of nitrogens with one attached hydrogen (secondary N) is 3. The van der Waals surface area contributed by atoms with Gasteiger partial charge in [-0.05, 0) is 32.0 Å². The Kier molecular flexibility index (Phi) is 5.64. The third-order valence-electron chi connectivity index (χ3n) is 3.44. The molecule has 1 aromatic carbocycles. The Bertz CT molecular complexity index is 757. The molecule has 9 heteroatoms. The third-order valence-corrected chi connectivity index (χ3v) is 4.52.